The lowest BCUT2D eigenvalue weighted by molar-refractivity contribution is -0.115. The number of carbonyl (C=O) groups excluding carboxylic acids is 1. The van der Waals surface area contributed by atoms with Gasteiger partial charge in [0.1, 0.15) is 0 Å². The number of nitriles is 1. The van der Waals surface area contributed by atoms with Crippen LogP contribution >= 0.6 is 0 Å². The van der Waals surface area contributed by atoms with E-state index in [4.69, 9.17) is 5.26 Å². The van der Waals surface area contributed by atoms with Crippen LogP contribution in [0.4, 0.5) is 11.4 Å². The van der Waals surface area contributed by atoms with E-state index < -0.39 is 0 Å². The van der Waals surface area contributed by atoms with E-state index in [2.05, 4.69) is 21.7 Å². The summed E-state index contributed by atoms with van der Waals surface area (Å²) in [6, 6.07) is 18.8. The van der Waals surface area contributed by atoms with Crippen LogP contribution in [0.25, 0.3) is 10.9 Å². The number of nitrogens with one attached hydrogen (secondary N) is 2. The molecule has 0 radical (unpaired) electrons. The van der Waals surface area contributed by atoms with Gasteiger partial charge in [-0.25, -0.2) is 0 Å². The molecule has 1 aromatic heterocycles. The first-order valence-corrected chi connectivity index (χ1v) is 7.64. The molecule has 2 N–H and O–H groups in total. The number of pyridine rings is 1. The topological polar surface area (TPSA) is 77.8 Å². The molecule has 118 valence electrons. The Morgan fingerprint density at radius 1 is 1.12 bits per heavy atom. The Balaban J connectivity index is 1.58. The van der Waals surface area contributed by atoms with Crippen molar-refractivity contribution in [2.24, 2.45) is 0 Å². The van der Waals surface area contributed by atoms with Gasteiger partial charge >= 0.3 is 0 Å². The second kappa shape index (κ2) is 7.25. The third-order valence-electron chi connectivity index (χ3n) is 3.58. The maximum atomic E-state index is 12.1. The number of hydrogen-bond acceptors (Lipinski definition) is 4. The van der Waals surface area contributed by atoms with E-state index in [-0.39, 0.29) is 5.91 Å². The number of hydrogen-bond donors (Lipinski definition) is 2. The minimum Gasteiger partial charge on any atom is -0.384 e. The average Bonchev–Trinajstić information content (AvgIpc) is 2.62. The Kier molecular flexibility index (Phi) is 4.68. The second-order valence-electron chi connectivity index (χ2n) is 5.30. The van der Waals surface area contributed by atoms with Crippen molar-refractivity contribution in [2.75, 3.05) is 17.2 Å². The zero-order valence-electron chi connectivity index (χ0n) is 13.0. The molecule has 5 nitrogen and oxygen atoms in total. The van der Waals surface area contributed by atoms with E-state index in [1.165, 1.54) is 0 Å². The molecule has 0 saturated heterocycles. The molecular weight excluding hydrogens is 300 g/mol. The number of benzene rings is 2. The number of amides is 1. The number of para-hydroxylation sites is 1. The van der Waals surface area contributed by atoms with E-state index in [0.717, 1.165) is 16.6 Å². The molecule has 2 aromatic carbocycles. The minimum atomic E-state index is -0.0860. The maximum absolute atomic E-state index is 12.1. The summed E-state index contributed by atoms with van der Waals surface area (Å²) in [5.74, 6) is -0.0860. The number of carbonyl (C=O) groups is 1. The summed E-state index contributed by atoms with van der Waals surface area (Å²) >= 11 is 0. The van der Waals surface area contributed by atoms with Crippen LogP contribution in [0.5, 0.6) is 0 Å². The van der Waals surface area contributed by atoms with Gasteiger partial charge < -0.3 is 10.6 Å². The second-order valence-corrected chi connectivity index (χ2v) is 5.30. The molecule has 0 spiro atoms. The van der Waals surface area contributed by atoms with Crippen molar-refractivity contribution < 1.29 is 4.79 Å². The van der Waals surface area contributed by atoms with Crippen molar-refractivity contribution in [3.63, 3.8) is 0 Å². The van der Waals surface area contributed by atoms with Crippen molar-refractivity contribution in [1.82, 2.24) is 4.98 Å². The fraction of sp³-hybridized carbons (Fsp3) is 0.105. The Morgan fingerprint density at radius 3 is 2.83 bits per heavy atom. The Hall–Kier alpha value is -3.39. The molecule has 0 unspecified atom stereocenters. The SMILES string of the molecule is N#Cc1cccc(NCCC(=O)Nc2cccc3cccnc23)c1. The van der Waals surface area contributed by atoms with Crippen molar-refractivity contribution in [2.45, 2.75) is 6.42 Å². The predicted molar refractivity (Wildman–Crippen MR) is 94.6 cm³/mol. The molecule has 1 amide bonds. The summed E-state index contributed by atoms with van der Waals surface area (Å²) in [5, 5.41) is 15.9. The van der Waals surface area contributed by atoms with Crippen molar-refractivity contribution >= 4 is 28.2 Å². The van der Waals surface area contributed by atoms with Crippen LogP contribution in [0, 0.1) is 11.3 Å². The van der Waals surface area contributed by atoms with E-state index in [1.54, 1.807) is 18.3 Å². The predicted octanol–water partition coefficient (Wildman–Crippen LogP) is 3.55. The van der Waals surface area contributed by atoms with E-state index in [0.29, 0.717) is 24.2 Å². The van der Waals surface area contributed by atoms with Crippen LogP contribution in [0.1, 0.15) is 12.0 Å². The fourth-order valence-electron chi connectivity index (χ4n) is 2.44. The molecule has 0 bridgehead atoms. The number of fused-ring (bicyclic) bond motifs is 1. The number of nitrogens with zero attached hydrogens (tertiary/aromatic N) is 2. The molecule has 0 aliphatic rings. The van der Waals surface area contributed by atoms with Gasteiger partial charge in [0.15, 0.2) is 0 Å². The van der Waals surface area contributed by atoms with Crippen LogP contribution in [0.2, 0.25) is 0 Å². The summed E-state index contributed by atoms with van der Waals surface area (Å²) in [4.78, 5) is 16.5. The highest BCUT2D eigenvalue weighted by atomic mass is 16.1. The van der Waals surface area contributed by atoms with Gasteiger partial charge in [-0.2, -0.15) is 5.26 Å². The Morgan fingerprint density at radius 2 is 1.96 bits per heavy atom. The monoisotopic (exact) mass is 316 g/mol. The summed E-state index contributed by atoms with van der Waals surface area (Å²) in [6.07, 6.45) is 2.03. The first kappa shape index (κ1) is 15.5. The van der Waals surface area contributed by atoms with Gasteiger partial charge in [0.05, 0.1) is 22.8 Å². The quantitative estimate of drug-likeness (QED) is 0.754. The van der Waals surface area contributed by atoms with Gasteiger partial charge in [-0.05, 0) is 30.3 Å². The van der Waals surface area contributed by atoms with Crippen molar-refractivity contribution in [3.05, 3.63) is 66.4 Å². The lowest BCUT2D eigenvalue weighted by Crippen LogP contribution is -2.16. The smallest absolute Gasteiger partial charge is 0.226 e. The summed E-state index contributed by atoms with van der Waals surface area (Å²) < 4.78 is 0. The summed E-state index contributed by atoms with van der Waals surface area (Å²) in [5.41, 5.74) is 2.91. The molecule has 0 atom stereocenters. The molecule has 0 fully saturated rings. The number of rotatable bonds is 5. The third kappa shape index (κ3) is 3.68. The normalized spacial score (nSPS) is 10.1. The molecule has 3 rings (SSSR count). The minimum absolute atomic E-state index is 0.0860. The Labute approximate surface area is 140 Å². The van der Waals surface area contributed by atoms with Gasteiger partial charge in [0.25, 0.3) is 0 Å². The molecule has 1 heterocycles. The molecule has 0 aliphatic heterocycles. The summed E-state index contributed by atoms with van der Waals surface area (Å²) in [7, 11) is 0. The van der Waals surface area contributed by atoms with Crippen molar-refractivity contribution in [3.8, 4) is 6.07 Å². The van der Waals surface area contributed by atoms with Crippen molar-refractivity contribution in [1.29, 1.82) is 5.26 Å². The molecule has 5 heteroatoms. The highest BCUT2D eigenvalue weighted by Crippen LogP contribution is 2.20. The van der Waals surface area contributed by atoms with Crippen LogP contribution in [-0.2, 0) is 4.79 Å². The van der Waals surface area contributed by atoms with Gasteiger partial charge in [-0.3, -0.25) is 9.78 Å². The lowest BCUT2D eigenvalue weighted by Gasteiger charge is -2.09. The highest BCUT2D eigenvalue weighted by molar-refractivity contribution is 6.00. The maximum Gasteiger partial charge on any atom is 0.226 e. The third-order valence-corrected chi connectivity index (χ3v) is 3.58. The van der Waals surface area contributed by atoms with Gasteiger partial charge in [-0.1, -0.05) is 24.3 Å². The largest absolute Gasteiger partial charge is 0.384 e. The van der Waals surface area contributed by atoms with Crippen LogP contribution in [0.3, 0.4) is 0 Å². The first-order chi connectivity index (χ1) is 11.8. The van der Waals surface area contributed by atoms with E-state index in [1.807, 2.05) is 42.5 Å². The van der Waals surface area contributed by atoms with E-state index >= 15 is 0 Å². The average molecular weight is 316 g/mol. The first-order valence-electron chi connectivity index (χ1n) is 7.64. The molecule has 0 aliphatic carbocycles. The fourth-order valence-corrected chi connectivity index (χ4v) is 2.44. The molecule has 0 saturated carbocycles. The molecule has 24 heavy (non-hydrogen) atoms. The van der Waals surface area contributed by atoms with E-state index in [9.17, 15) is 4.79 Å². The van der Waals surface area contributed by atoms with Gasteiger partial charge in [0.2, 0.25) is 5.91 Å². The van der Waals surface area contributed by atoms with Gasteiger partial charge in [0, 0.05) is 30.2 Å². The molecule has 3 aromatic rings. The number of anilines is 2. The zero-order chi connectivity index (χ0) is 16.8. The van der Waals surface area contributed by atoms with Crippen LogP contribution in [-0.4, -0.2) is 17.4 Å². The highest BCUT2D eigenvalue weighted by Gasteiger charge is 2.06. The Bertz CT molecular complexity index is 909. The number of aromatic nitrogens is 1. The summed E-state index contributed by atoms with van der Waals surface area (Å²) in [6.45, 7) is 0.485. The van der Waals surface area contributed by atoms with Crippen LogP contribution < -0.4 is 10.6 Å². The van der Waals surface area contributed by atoms with Crippen LogP contribution in [0.15, 0.2) is 60.8 Å². The molecular formula is C19H16N4O. The zero-order valence-corrected chi connectivity index (χ0v) is 13.0. The lowest BCUT2D eigenvalue weighted by atomic mass is 10.2. The standard InChI is InChI=1S/C19H16N4O/c20-13-14-4-1-7-16(12-14)21-11-9-18(24)23-17-8-2-5-15-6-3-10-22-19(15)17/h1-8,10,12,21H,9,11H2,(H,23,24). The van der Waals surface area contributed by atoms with Gasteiger partial charge in [-0.15, -0.1) is 0 Å².